The molecule has 2 N–H and O–H groups in total. The highest BCUT2D eigenvalue weighted by Gasteiger charge is 2.28. The molecule has 142 valence electrons. The standard InChI is InChI=1S/C19H28N4O3/c1-13(2)18(24)23-9-8-14(11-23)22-19(20-3)21-10-15-12-25-16-6-4-5-7-17(16)26-15/h4-7,13-15H,8-12H2,1-3H3,(H2,20,21,22). The van der Waals surface area contributed by atoms with Crippen LogP contribution in [0.1, 0.15) is 20.3 Å². The van der Waals surface area contributed by atoms with Gasteiger partial charge in [0.2, 0.25) is 5.91 Å². The molecule has 3 rings (SSSR count). The second-order valence-corrected chi connectivity index (χ2v) is 7.02. The first kappa shape index (κ1) is 18.4. The molecule has 2 unspecified atom stereocenters. The summed E-state index contributed by atoms with van der Waals surface area (Å²) >= 11 is 0. The lowest BCUT2D eigenvalue weighted by Crippen LogP contribution is -2.49. The Morgan fingerprint density at radius 2 is 2.12 bits per heavy atom. The van der Waals surface area contributed by atoms with Crippen LogP contribution >= 0.6 is 0 Å². The third-order valence-corrected chi connectivity index (χ3v) is 4.62. The summed E-state index contributed by atoms with van der Waals surface area (Å²) in [6, 6.07) is 7.90. The number of aliphatic imine (C=N–C) groups is 1. The Bertz CT molecular complexity index is 662. The van der Waals surface area contributed by atoms with E-state index >= 15 is 0 Å². The number of guanidine groups is 1. The number of carbonyl (C=O) groups excluding carboxylic acids is 1. The third-order valence-electron chi connectivity index (χ3n) is 4.62. The SMILES string of the molecule is CN=C(NCC1COc2ccccc2O1)NC1CCN(C(=O)C(C)C)C1. The molecule has 0 spiro atoms. The van der Waals surface area contributed by atoms with E-state index < -0.39 is 0 Å². The van der Waals surface area contributed by atoms with Gasteiger partial charge in [0.05, 0.1) is 6.54 Å². The van der Waals surface area contributed by atoms with Crippen LogP contribution in [-0.2, 0) is 4.79 Å². The Balaban J connectivity index is 1.45. The molecule has 0 aliphatic carbocycles. The summed E-state index contributed by atoms with van der Waals surface area (Å²) in [7, 11) is 1.74. The van der Waals surface area contributed by atoms with Crippen molar-refractivity contribution >= 4 is 11.9 Å². The van der Waals surface area contributed by atoms with E-state index in [1.54, 1.807) is 7.05 Å². The van der Waals surface area contributed by atoms with Crippen molar-refractivity contribution < 1.29 is 14.3 Å². The van der Waals surface area contributed by atoms with Crippen LogP contribution in [-0.4, -0.2) is 62.2 Å². The minimum absolute atomic E-state index is 0.0394. The molecule has 0 bridgehead atoms. The van der Waals surface area contributed by atoms with Gasteiger partial charge in [-0.3, -0.25) is 9.79 Å². The number of nitrogens with zero attached hydrogens (tertiary/aromatic N) is 2. The highest BCUT2D eigenvalue weighted by molar-refractivity contribution is 5.81. The van der Waals surface area contributed by atoms with Gasteiger partial charge in [0, 0.05) is 32.1 Å². The van der Waals surface area contributed by atoms with Crippen LogP contribution in [0.2, 0.25) is 0 Å². The number of likely N-dealkylation sites (tertiary alicyclic amines) is 1. The van der Waals surface area contributed by atoms with E-state index in [0.29, 0.717) is 19.7 Å². The number of nitrogens with one attached hydrogen (secondary N) is 2. The fourth-order valence-corrected chi connectivity index (χ4v) is 3.21. The molecule has 2 aliphatic rings. The first-order chi connectivity index (χ1) is 12.6. The van der Waals surface area contributed by atoms with E-state index in [9.17, 15) is 4.79 Å². The van der Waals surface area contributed by atoms with E-state index in [1.165, 1.54) is 0 Å². The van der Waals surface area contributed by atoms with Crippen LogP contribution in [0.5, 0.6) is 11.5 Å². The first-order valence-corrected chi connectivity index (χ1v) is 9.21. The lowest BCUT2D eigenvalue weighted by atomic mass is 10.2. The van der Waals surface area contributed by atoms with Crippen molar-refractivity contribution in [2.24, 2.45) is 10.9 Å². The summed E-state index contributed by atoms with van der Waals surface area (Å²) < 4.78 is 11.7. The molecule has 0 saturated carbocycles. The molecule has 7 heteroatoms. The smallest absolute Gasteiger partial charge is 0.225 e. The topological polar surface area (TPSA) is 75.2 Å². The normalized spacial score (nSPS) is 22.5. The predicted octanol–water partition coefficient (Wildman–Crippen LogP) is 1.25. The zero-order valence-electron chi connectivity index (χ0n) is 15.7. The summed E-state index contributed by atoms with van der Waals surface area (Å²) in [4.78, 5) is 18.3. The number of hydrogen-bond acceptors (Lipinski definition) is 4. The molecule has 7 nitrogen and oxygen atoms in total. The summed E-state index contributed by atoms with van der Waals surface area (Å²) in [6.07, 6.45) is 0.848. The van der Waals surface area contributed by atoms with Crippen molar-refractivity contribution in [3.05, 3.63) is 24.3 Å². The molecule has 2 atom stereocenters. The Morgan fingerprint density at radius 3 is 2.85 bits per heavy atom. The van der Waals surface area contributed by atoms with Crippen LogP contribution in [0, 0.1) is 5.92 Å². The molecule has 2 aliphatic heterocycles. The minimum atomic E-state index is -0.0777. The average molecular weight is 360 g/mol. The molecule has 1 saturated heterocycles. The Kier molecular flexibility index (Phi) is 5.85. The Hall–Kier alpha value is -2.44. The molecule has 2 heterocycles. The number of amides is 1. The molecule has 1 aromatic rings. The minimum Gasteiger partial charge on any atom is -0.486 e. The maximum absolute atomic E-state index is 12.1. The van der Waals surface area contributed by atoms with Crippen molar-refractivity contribution in [3.63, 3.8) is 0 Å². The molecule has 1 amide bonds. The number of carbonyl (C=O) groups is 1. The van der Waals surface area contributed by atoms with Crippen molar-refractivity contribution in [2.75, 3.05) is 33.3 Å². The quantitative estimate of drug-likeness (QED) is 0.624. The van der Waals surface area contributed by atoms with Gasteiger partial charge >= 0.3 is 0 Å². The zero-order chi connectivity index (χ0) is 18.5. The second-order valence-electron chi connectivity index (χ2n) is 7.02. The van der Waals surface area contributed by atoms with Crippen molar-refractivity contribution in [2.45, 2.75) is 32.4 Å². The molecule has 1 aromatic carbocycles. The van der Waals surface area contributed by atoms with E-state index in [1.807, 2.05) is 43.0 Å². The average Bonchev–Trinajstić information content (AvgIpc) is 3.12. The van der Waals surface area contributed by atoms with Gasteiger partial charge in [0.15, 0.2) is 17.5 Å². The maximum atomic E-state index is 12.1. The van der Waals surface area contributed by atoms with Crippen molar-refractivity contribution in [1.82, 2.24) is 15.5 Å². The van der Waals surface area contributed by atoms with Crippen LogP contribution in [0.25, 0.3) is 0 Å². The fourth-order valence-electron chi connectivity index (χ4n) is 3.21. The van der Waals surface area contributed by atoms with Gasteiger partial charge in [-0.2, -0.15) is 0 Å². The van der Waals surface area contributed by atoms with E-state index in [4.69, 9.17) is 9.47 Å². The van der Waals surface area contributed by atoms with Gasteiger partial charge in [-0.15, -0.1) is 0 Å². The van der Waals surface area contributed by atoms with Crippen molar-refractivity contribution in [1.29, 1.82) is 0 Å². The lowest BCUT2D eigenvalue weighted by Gasteiger charge is -2.27. The molecular formula is C19H28N4O3. The predicted molar refractivity (Wildman–Crippen MR) is 101 cm³/mol. The monoisotopic (exact) mass is 360 g/mol. The Labute approximate surface area is 154 Å². The van der Waals surface area contributed by atoms with E-state index in [0.717, 1.165) is 30.4 Å². The zero-order valence-corrected chi connectivity index (χ0v) is 15.7. The van der Waals surface area contributed by atoms with Gasteiger partial charge < -0.3 is 25.0 Å². The molecule has 1 fully saturated rings. The van der Waals surface area contributed by atoms with Crippen molar-refractivity contribution in [3.8, 4) is 11.5 Å². The molecule has 0 aromatic heterocycles. The number of ether oxygens (including phenoxy) is 2. The number of benzene rings is 1. The number of hydrogen-bond donors (Lipinski definition) is 2. The van der Waals surface area contributed by atoms with Crippen LogP contribution in [0.4, 0.5) is 0 Å². The second kappa shape index (κ2) is 8.29. The maximum Gasteiger partial charge on any atom is 0.225 e. The van der Waals surface area contributed by atoms with E-state index in [-0.39, 0.29) is 24.0 Å². The summed E-state index contributed by atoms with van der Waals surface area (Å²) in [5.41, 5.74) is 0. The highest BCUT2D eigenvalue weighted by atomic mass is 16.6. The van der Waals surface area contributed by atoms with Crippen LogP contribution in [0.15, 0.2) is 29.3 Å². The van der Waals surface area contributed by atoms with Gasteiger partial charge in [0.1, 0.15) is 12.7 Å². The summed E-state index contributed by atoms with van der Waals surface area (Å²) in [5.74, 6) is 2.52. The lowest BCUT2D eigenvalue weighted by molar-refractivity contribution is -0.133. The van der Waals surface area contributed by atoms with Crippen LogP contribution < -0.4 is 20.1 Å². The fraction of sp³-hybridized carbons (Fsp3) is 0.579. The van der Waals surface area contributed by atoms with Gasteiger partial charge in [-0.1, -0.05) is 26.0 Å². The number of fused-ring (bicyclic) bond motifs is 1. The van der Waals surface area contributed by atoms with Gasteiger partial charge in [-0.25, -0.2) is 0 Å². The van der Waals surface area contributed by atoms with Crippen LogP contribution in [0.3, 0.4) is 0 Å². The molecule has 26 heavy (non-hydrogen) atoms. The molecule has 0 radical (unpaired) electrons. The largest absolute Gasteiger partial charge is 0.486 e. The summed E-state index contributed by atoms with van der Waals surface area (Å²) in [5, 5.41) is 6.69. The number of rotatable bonds is 4. The van der Waals surface area contributed by atoms with Gasteiger partial charge in [-0.05, 0) is 18.6 Å². The first-order valence-electron chi connectivity index (χ1n) is 9.21. The van der Waals surface area contributed by atoms with Gasteiger partial charge in [0.25, 0.3) is 0 Å². The number of para-hydroxylation sites is 2. The third kappa shape index (κ3) is 4.39. The molecular weight excluding hydrogens is 332 g/mol. The Morgan fingerprint density at radius 1 is 1.35 bits per heavy atom. The highest BCUT2D eigenvalue weighted by Crippen LogP contribution is 2.30. The summed E-state index contributed by atoms with van der Waals surface area (Å²) in [6.45, 7) is 6.48. The van der Waals surface area contributed by atoms with E-state index in [2.05, 4.69) is 15.6 Å².